The minimum absolute atomic E-state index is 0.134. The van der Waals surface area contributed by atoms with E-state index in [0.29, 0.717) is 0 Å². The highest BCUT2D eigenvalue weighted by molar-refractivity contribution is 5.78. The van der Waals surface area contributed by atoms with Crippen molar-refractivity contribution in [3.63, 3.8) is 0 Å². The maximum absolute atomic E-state index is 11.8. The number of carbonyl (C=O) groups excluding carboxylic acids is 2. The van der Waals surface area contributed by atoms with E-state index in [0.717, 1.165) is 0 Å². The number of nitrogens with zero attached hydrogens (tertiary/aromatic N) is 3. The van der Waals surface area contributed by atoms with Crippen LogP contribution in [0.25, 0.3) is 10.4 Å². The van der Waals surface area contributed by atoms with E-state index in [1.54, 1.807) is 13.8 Å². The number of ether oxygens (including phenoxy) is 4. The molecule has 110 valence electrons. The van der Waals surface area contributed by atoms with E-state index in [1.807, 2.05) is 0 Å². The molecule has 2 rings (SSSR count). The van der Waals surface area contributed by atoms with Crippen molar-refractivity contribution in [2.24, 2.45) is 5.11 Å². The van der Waals surface area contributed by atoms with Crippen molar-refractivity contribution < 1.29 is 28.5 Å². The summed E-state index contributed by atoms with van der Waals surface area (Å²) in [5.41, 5.74) is 8.51. The van der Waals surface area contributed by atoms with Crippen molar-refractivity contribution in [1.82, 2.24) is 0 Å². The zero-order chi connectivity index (χ0) is 14.9. The number of cyclic esters (lactones) is 1. The standard InChI is InChI=1S/C11H15N3O6/c1-5(15)17-4-6-8-9(20-11(2,3)19-8)7(13-14-12)10(16)18-6/h6-9H,4H2,1-3H3/t6?,7?,8-,9+/m0/s1. The zero-order valence-corrected chi connectivity index (χ0v) is 11.3. The Balaban J connectivity index is 2.20. The van der Waals surface area contributed by atoms with Crippen LogP contribution >= 0.6 is 0 Å². The largest absolute Gasteiger partial charge is 0.462 e. The van der Waals surface area contributed by atoms with Crippen LogP contribution in [0.15, 0.2) is 5.11 Å². The van der Waals surface area contributed by atoms with Crippen LogP contribution < -0.4 is 0 Å². The highest BCUT2D eigenvalue weighted by Crippen LogP contribution is 2.37. The molecule has 9 nitrogen and oxygen atoms in total. The van der Waals surface area contributed by atoms with E-state index in [9.17, 15) is 9.59 Å². The molecule has 4 atom stereocenters. The molecule has 0 N–H and O–H groups in total. The molecule has 2 aliphatic heterocycles. The topological polar surface area (TPSA) is 120 Å². The van der Waals surface area contributed by atoms with Crippen molar-refractivity contribution in [2.45, 2.75) is 50.9 Å². The normalized spacial score (nSPS) is 34.6. The smallest absolute Gasteiger partial charge is 0.318 e. The number of carbonyl (C=O) groups is 2. The second-order valence-electron chi connectivity index (χ2n) is 4.99. The van der Waals surface area contributed by atoms with Gasteiger partial charge >= 0.3 is 11.9 Å². The minimum Gasteiger partial charge on any atom is -0.462 e. The monoisotopic (exact) mass is 285 g/mol. The van der Waals surface area contributed by atoms with Gasteiger partial charge in [0.1, 0.15) is 18.8 Å². The Kier molecular flexibility index (Phi) is 3.85. The molecule has 0 bridgehead atoms. The Morgan fingerprint density at radius 3 is 2.70 bits per heavy atom. The molecule has 20 heavy (non-hydrogen) atoms. The predicted octanol–water partition coefficient (Wildman–Crippen LogP) is 0.674. The Hall–Kier alpha value is -1.83. The molecule has 2 unspecified atom stereocenters. The second-order valence-corrected chi connectivity index (χ2v) is 4.99. The van der Waals surface area contributed by atoms with Gasteiger partial charge in [0.15, 0.2) is 17.9 Å². The summed E-state index contributed by atoms with van der Waals surface area (Å²) in [5.74, 6) is -2.16. The van der Waals surface area contributed by atoms with Gasteiger partial charge in [-0.2, -0.15) is 0 Å². The van der Waals surface area contributed by atoms with E-state index in [1.165, 1.54) is 6.92 Å². The van der Waals surface area contributed by atoms with E-state index in [-0.39, 0.29) is 6.61 Å². The zero-order valence-electron chi connectivity index (χ0n) is 11.3. The van der Waals surface area contributed by atoms with Crippen LogP contribution in [0.4, 0.5) is 0 Å². The van der Waals surface area contributed by atoms with Crippen molar-refractivity contribution in [3.05, 3.63) is 10.4 Å². The van der Waals surface area contributed by atoms with Crippen LogP contribution in [0, 0.1) is 0 Å². The number of esters is 2. The predicted molar refractivity (Wildman–Crippen MR) is 63.3 cm³/mol. The van der Waals surface area contributed by atoms with Gasteiger partial charge < -0.3 is 18.9 Å². The molecular formula is C11H15N3O6. The van der Waals surface area contributed by atoms with Crippen LogP contribution in [0.3, 0.4) is 0 Å². The van der Waals surface area contributed by atoms with Gasteiger partial charge in [-0.15, -0.1) is 0 Å². The number of hydrogen-bond acceptors (Lipinski definition) is 7. The molecule has 0 aromatic heterocycles. The molecule has 2 fully saturated rings. The first-order valence-electron chi connectivity index (χ1n) is 6.08. The van der Waals surface area contributed by atoms with E-state index in [2.05, 4.69) is 10.0 Å². The Morgan fingerprint density at radius 2 is 2.10 bits per heavy atom. The second kappa shape index (κ2) is 5.28. The maximum Gasteiger partial charge on any atom is 0.318 e. The van der Waals surface area contributed by atoms with Gasteiger partial charge in [0.25, 0.3) is 0 Å². The average Bonchev–Trinajstić information content (AvgIpc) is 2.66. The van der Waals surface area contributed by atoms with Gasteiger partial charge in [-0.1, -0.05) is 5.11 Å². The molecule has 0 amide bonds. The lowest BCUT2D eigenvalue weighted by molar-refractivity contribution is -0.181. The van der Waals surface area contributed by atoms with Crippen LogP contribution in [-0.2, 0) is 28.5 Å². The number of azide groups is 1. The van der Waals surface area contributed by atoms with Crippen LogP contribution in [0.2, 0.25) is 0 Å². The Bertz CT molecular complexity index is 473. The van der Waals surface area contributed by atoms with Gasteiger partial charge in [-0.3, -0.25) is 9.59 Å². The van der Waals surface area contributed by atoms with Crippen LogP contribution in [0.5, 0.6) is 0 Å². The quantitative estimate of drug-likeness (QED) is 0.325. The summed E-state index contributed by atoms with van der Waals surface area (Å²) in [4.78, 5) is 25.3. The molecule has 0 aliphatic carbocycles. The average molecular weight is 285 g/mol. The van der Waals surface area contributed by atoms with Gasteiger partial charge in [0.2, 0.25) is 0 Å². The molecule has 2 heterocycles. The van der Waals surface area contributed by atoms with Gasteiger partial charge in [0, 0.05) is 11.8 Å². The van der Waals surface area contributed by atoms with Gasteiger partial charge in [-0.25, -0.2) is 0 Å². The summed E-state index contributed by atoms with van der Waals surface area (Å²) in [5, 5.41) is 3.40. The molecule has 0 saturated carbocycles. The third kappa shape index (κ3) is 2.84. The number of fused-ring (bicyclic) bond motifs is 1. The SMILES string of the molecule is CC(=O)OCC1OC(=O)C(N=[N+]=[N-])[C@H]2OC(C)(C)O[C@@H]12. The third-order valence-corrected chi connectivity index (χ3v) is 2.98. The lowest BCUT2D eigenvalue weighted by atomic mass is 9.98. The molecule has 0 aromatic rings. The van der Waals surface area contributed by atoms with E-state index < -0.39 is 42.1 Å². The van der Waals surface area contributed by atoms with Crippen molar-refractivity contribution >= 4 is 11.9 Å². The van der Waals surface area contributed by atoms with Crippen molar-refractivity contribution in [1.29, 1.82) is 0 Å². The molecule has 0 aromatic carbocycles. The van der Waals surface area contributed by atoms with Crippen molar-refractivity contribution in [3.8, 4) is 0 Å². The summed E-state index contributed by atoms with van der Waals surface area (Å²) < 4.78 is 21.2. The minimum atomic E-state index is -1.11. The lowest BCUT2D eigenvalue weighted by Crippen LogP contribution is -2.54. The summed E-state index contributed by atoms with van der Waals surface area (Å²) in [6.45, 7) is 4.46. The highest BCUT2D eigenvalue weighted by Gasteiger charge is 2.55. The third-order valence-electron chi connectivity index (χ3n) is 2.98. The number of hydrogen-bond donors (Lipinski definition) is 0. The fourth-order valence-corrected chi connectivity index (χ4v) is 2.27. The first kappa shape index (κ1) is 14.6. The fourth-order valence-electron chi connectivity index (χ4n) is 2.27. The first-order chi connectivity index (χ1) is 9.34. The summed E-state index contributed by atoms with van der Waals surface area (Å²) in [6.07, 6.45) is -2.21. The Labute approximate surface area is 114 Å². The van der Waals surface area contributed by atoms with Crippen LogP contribution in [0.1, 0.15) is 20.8 Å². The number of rotatable bonds is 3. The molecule has 0 radical (unpaired) electrons. The Morgan fingerprint density at radius 1 is 1.45 bits per heavy atom. The molecular weight excluding hydrogens is 270 g/mol. The highest BCUT2D eigenvalue weighted by atomic mass is 16.8. The maximum atomic E-state index is 11.8. The van der Waals surface area contributed by atoms with E-state index >= 15 is 0 Å². The first-order valence-corrected chi connectivity index (χ1v) is 6.08. The summed E-state index contributed by atoms with van der Waals surface area (Å²) >= 11 is 0. The summed E-state index contributed by atoms with van der Waals surface area (Å²) in [6, 6.07) is -1.11. The molecule has 9 heteroatoms. The van der Waals surface area contributed by atoms with Crippen LogP contribution in [-0.4, -0.2) is 48.7 Å². The molecule has 0 spiro atoms. The fraction of sp³-hybridized carbons (Fsp3) is 0.818. The van der Waals surface area contributed by atoms with Crippen molar-refractivity contribution in [2.75, 3.05) is 6.61 Å². The molecule has 2 aliphatic rings. The molecule has 2 saturated heterocycles. The lowest BCUT2D eigenvalue weighted by Gasteiger charge is -2.33. The van der Waals surface area contributed by atoms with Gasteiger partial charge in [-0.05, 0) is 19.4 Å². The summed E-state index contributed by atoms with van der Waals surface area (Å²) in [7, 11) is 0. The van der Waals surface area contributed by atoms with E-state index in [4.69, 9.17) is 24.5 Å². The van der Waals surface area contributed by atoms with Gasteiger partial charge in [0.05, 0.1) is 0 Å².